The van der Waals surface area contributed by atoms with Gasteiger partial charge in [0.1, 0.15) is 11.5 Å². The first-order chi connectivity index (χ1) is 22.7. The lowest BCUT2D eigenvalue weighted by atomic mass is 9.82. The van der Waals surface area contributed by atoms with E-state index < -0.39 is 13.7 Å². The van der Waals surface area contributed by atoms with Crippen molar-refractivity contribution in [2.75, 3.05) is 30.1 Å². The normalized spacial score (nSPS) is 23.6. The van der Waals surface area contributed by atoms with Crippen LogP contribution < -0.4 is 24.5 Å². The lowest BCUT2D eigenvalue weighted by Crippen LogP contribution is -2.51. The summed E-state index contributed by atoms with van der Waals surface area (Å²) in [5, 5.41) is 11.5. The smallest absolute Gasteiger partial charge is 0.269 e. The van der Waals surface area contributed by atoms with Crippen LogP contribution in [0, 0.1) is 5.92 Å². The molecule has 7 rings (SSSR count). The largest absolute Gasteiger partial charge is 0.497 e. The minimum Gasteiger partial charge on any atom is -0.497 e. The molecule has 4 atom stereocenters. The number of carbonyl (C=O) groups is 2. The number of methoxy groups -OCH3 is 1. The molecule has 4 aromatic rings. The molecule has 1 N–H and O–H groups in total. The predicted molar refractivity (Wildman–Crippen MR) is 184 cm³/mol. The number of hydrogen-bond acceptors (Lipinski definition) is 6. The Bertz CT molecular complexity index is 1810. The SMILES string of the molecule is COc1ccc([Si](C)(C)[C@H]2[C@H](CCO)O[C@@]3(C(=O)N(Cc4ccccc4)c4ccc(N5C(=O)COc6ccccc65)cc43)[C@@H]2C)cc1. The molecular weight excluding hydrogens is 609 g/mol. The van der Waals surface area contributed by atoms with Gasteiger partial charge < -0.3 is 24.2 Å². The molecule has 0 unspecified atom stereocenters. The summed E-state index contributed by atoms with van der Waals surface area (Å²) in [6.45, 7) is 7.04. The van der Waals surface area contributed by atoms with Gasteiger partial charge in [-0.05, 0) is 60.0 Å². The molecule has 4 aromatic carbocycles. The number of nitrogens with zero attached hydrogens (tertiary/aromatic N) is 2. The van der Waals surface area contributed by atoms with Crippen molar-refractivity contribution in [1.29, 1.82) is 0 Å². The van der Waals surface area contributed by atoms with Crippen LogP contribution >= 0.6 is 0 Å². The summed E-state index contributed by atoms with van der Waals surface area (Å²) >= 11 is 0. The molecule has 1 spiro atoms. The summed E-state index contributed by atoms with van der Waals surface area (Å²) in [5.41, 5.74) is 2.56. The summed E-state index contributed by atoms with van der Waals surface area (Å²) in [5.74, 6) is 0.899. The Morgan fingerprint density at radius 1 is 0.936 bits per heavy atom. The van der Waals surface area contributed by atoms with Crippen molar-refractivity contribution in [3.63, 3.8) is 0 Å². The second-order valence-electron chi connectivity index (χ2n) is 13.2. The van der Waals surface area contributed by atoms with E-state index in [4.69, 9.17) is 14.2 Å². The Hall–Kier alpha value is -4.44. The maximum absolute atomic E-state index is 15.0. The van der Waals surface area contributed by atoms with Gasteiger partial charge in [-0.1, -0.05) is 79.8 Å². The number of aliphatic hydroxyl groups excluding tert-OH is 1. The van der Waals surface area contributed by atoms with Crippen LogP contribution in [0.5, 0.6) is 11.5 Å². The van der Waals surface area contributed by atoms with E-state index >= 15 is 4.79 Å². The molecule has 3 aliphatic rings. The number of para-hydroxylation sites is 2. The van der Waals surface area contributed by atoms with E-state index in [-0.39, 0.29) is 42.6 Å². The summed E-state index contributed by atoms with van der Waals surface area (Å²) in [4.78, 5) is 31.9. The van der Waals surface area contributed by atoms with Gasteiger partial charge in [0.05, 0.1) is 39.2 Å². The Balaban J connectivity index is 1.38. The molecule has 0 aromatic heterocycles. The van der Waals surface area contributed by atoms with Crippen LogP contribution in [-0.4, -0.2) is 51.4 Å². The molecule has 1 saturated heterocycles. The fourth-order valence-corrected chi connectivity index (χ4v) is 12.2. The summed E-state index contributed by atoms with van der Waals surface area (Å²) in [7, 11) is -0.674. The number of benzene rings is 4. The van der Waals surface area contributed by atoms with Gasteiger partial charge >= 0.3 is 0 Å². The fourth-order valence-electron chi connectivity index (χ4n) is 8.15. The molecule has 0 radical (unpaired) electrons. The van der Waals surface area contributed by atoms with Crippen molar-refractivity contribution in [1.82, 2.24) is 0 Å². The second-order valence-corrected chi connectivity index (χ2v) is 17.9. The highest BCUT2D eigenvalue weighted by Gasteiger charge is 2.66. The summed E-state index contributed by atoms with van der Waals surface area (Å²) in [6.07, 6.45) is 0.0706. The molecule has 3 aliphatic heterocycles. The van der Waals surface area contributed by atoms with E-state index in [9.17, 15) is 9.90 Å². The van der Waals surface area contributed by atoms with Crippen LogP contribution in [0.25, 0.3) is 0 Å². The van der Waals surface area contributed by atoms with Gasteiger partial charge in [0.15, 0.2) is 12.2 Å². The topological polar surface area (TPSA) is 88.5 Å². The zero-order chi connectivity index (χ0) is 32.9. The quantitative estimate of drug-likeness (QED) is 0.240. The zero-order valence-corrected chi connectivity index (χ0v) is 28.2. The number of fused-ring (bicyclic) bond motifs is 3. The second kappa shape index (κ2) is 12.0. The fraction of sp³-hybridized carbons (Fsp3) is 0.316. The zero-order valence-electron chi connectivity index (χ0n) is 27.2. The minimum absolute atomic E-state index is 0.00548. The number of aliphatic hydroxyl groups is 1. The molecule has 8 nitrogen and oxygen atoms in total. The molecule has 242 valence electrons. The lowest BCUT2D eigenvalue weighted by molar-refractivity contribution is -0.146. The maximum atomic E-state index is 15.0. The highest BCUT2D eigenvalue weighted by atomic mass is 28.3. The molecular formula is C38H40N2O6Si. The highest BCUT2D eigenvalue weighted by molar-refractivity contribution is 6.91. The van der Waals surface area contributed by atoms with E-state index in [2.05, 4.69) is 32.2 Å². The average molecular weight is 649 g/mol. The van der Waals surface area contributed by atoms with Gasteiger partial charge in [-0.15, -0.1) is 0 Å². The van der Waals surface area contributed by atoms with Crippen molar-refractivity contribution in [3.8, 4) is 11.5 Å². The first kappa shape index (κ1) is 31.2. The van der Waals surface area contributed by atoms with Crippen molar-refractivity contribution in [2.45, 2.75) is 50.2 Å². The number of amides is 2. The Morgan fingerprint density at radius 3 is 2.38 bits per heavy atom. The lowest BCUT2D eigenvalue weighted by Gasteiger charge is -2.37. The van der Waals surface area contributed by atoms with Crippen LogP contribution in [-0.2, 0) is 26.5 Å². The number of rotatable bonds is 8. The van der Waals surface area contributed by atoms with Gasteiger partial charge in [0.2, 0.25) is 0 Å². The third kappa shape index (κ3) is 4.96. The van der Waals surface area contributed by atoms with Gasteiger partial charge in [0.25, 0.3) is 11.8 Å². The van der Waals surface area contributed by atoms with Crippen LogP contribution in [0.2, 0.25) is 18.6 Å². The van der Waals surface area contributed by atoms with Crippen molar-refractivity contribution < 1.29 is 28.9 Å². The number of carbonyl (C=O) groups excluding carboxylic acids is 2. The Labute approximate surface area is 276 Å². The van der Waals surface area contributed by atoms with Crippen LogP contribution in [0.15, 0.2) is 97.1 Å². The van der Waals surface area contributed by atoms with E-state index in [0.717, 1.165) is 22.6 Å². The van der Waals surface area contributed by atoms with Crippen LogP contribution in [0.4, 0.5) is 17.1 Å². The molecule has 0 bridgehead atoms. The van der Waals surface area contributed by atoms with E-state index in [0.29, 0.717) is 30.1 Å². The molecule has 47 heavy (non-hydrogen) atoms. The van der Waals surface area contributed by atoms with Gasteiger partial charge in [0, 0.05) is 23.8 Å². The van der Waals surface area contributed by atoms with E-state index in [1.807, 2.05) is 89.8 Å². The highest BCUT2D eigenvalue weighted by Crippen LogP contribution is 2.60. The number of hydrogen-bond donors (Lipinski definition) is 1. The minimum atomic E-state index is -2.33. The molecule has 1 fully saturated rings. The third-order valence-corrected chi connectivity index (χ3v) is 14.7. The molecule has 0 aliphatic carbocycles. The number of ether oxygens (including phenoxy) is 3. The standard InChI is InChI=1S/C38H40N2O6Si/c1-25-36(47(3,4)29-17-15-28(44-2)16-18-29)34(20-21-41)46-38(25)30-22-27(40-32-12-8-9-13-33(32)45-24-35(40)42)14-19-31(30)39(37(38)43)23-26-10-6-5-7-11-26/h5-19,22,25,34,36,41H,20-21,23-24H2,1-4H3/t25-,34+,36-,38+/m1/s1. The maximum Gasteiger partial charge on any atom is 0.269 e. The van der Waals surface area contributed by atoms with Gasteiger partial charge in [-0.3, -0.25) is 14.5 Å². The summed E-state index contributed by atoms with van der Waals surface area (Å²) in [6, 6.07) is 31.5. The molecule has 9 heteroatoms. The average Bonchev–Trinajstić information content (AvgIpc) is 3.51. The first-order valence-corrected chi connectivity index (χ1v) is 19.3. The van der Waals surface area contributed by atoms with E-state index in [1.165, 1.54) is 5.19 Å². The molecule has 2 amide bonds. The van der Waals surface area contributed by atoms with E-state index in [1.54, 1.807) is 12.0 Å². The first-order valence-electron chi connectivity index (χ1n) is 16.2. The molecule has 3 heterocycles. The van der Waals surface area contributed by atoms with Gasteiger partial charge in [-0.2, -0.15) is 0 Å². The molecule has 0 saturated carbocycles. The van der Waals surface area contributed by atoms with Gasteiger partial charge in [-0.25, -0.2) is 0 Å². The Morgan fingerprint density at radius 2 is 1.66 bits per heavy atom. The van der Waals surface area contributed by atoms with Crippen molar-refractivity contribution >= 4 is 42.1 Å². The van der Waals surface area contributed by atoms with Crippen molar-refractivity contribution in [2.24, 2.45) is 5.92 Å². The van der Waals surface area contributed by atoms with Crippen LogP contribution in [0.3, 0.4) is 0 Å². The predicted octanol–water partition coefficient (Wildman–Crippen LogP) is 5.90. The van der Waals surface area contributed by atoms with Crippen LogP contribution in [0.1, 0.15) is 24.5 Å². The number of anilines is 3. The third-order valence-electron chi connectivity index (χ3n) is 10.4. The van der Waals surface area contributed by atoms with Crippen molar-refractivity contribution in [3.05, 3.63) is 108 Å². The monoisotopic (exact) mass is 648 g/mol. The Kier molecular flexibility index (Phi) is 7.94. The summed E-state index contributed by atoms with van der Waals surface area (Å²) < 4.78 is 18.3.